The predicted octanol–water partition coefficient (Wildman–Crippen LogP) is 1.77. The lowest BCUT2D eigenvalue weighted by Gasteiger charge is -2.08. The van der Waals surface area contributed by atoms with Gasteiger partial charge in [-0.1, -0.05) is 35.9 Å². The number of nitro benzene ring substituents is 1. The summed E-state index contributed by atoms with van der Waals surface area (Å²) in [7, 11) is 0. The average molecular weight is 451 g/mol. The summed E-state index contributed by atoms with van der Waals surface area (Å²) in [5, 5.41) is 27.0. The Bertz CT molecular complexity index is 975. The number of benzene rings is 2. The van der Waals surface area contributed by atoms with Crippen molar-refractivity contribution >= 4 is 23.0 Å². The first-order valence-corrected chi connectivity index (χ1v) is 9.57. The van der Waals surface area contributed by atoms with E-state index in [0.717, 1.165) is 22.6 Å². The molecule has 160 valence electrons. The van der Waals surface area contributed by atoms with Crippen molar-refractivity contribution in [2.45, 2.75) is 19.6 Å². The molecule has 0 amide bonds. The molecule has 3 N–H and O–H groups in total. The number of non-ortho nitro benzene ring substituents is 1. The zero-order valence-electron chi connectivity index (χ0n) is 16.3. The molecule has 1 atom stereocenters. The van der Waals surface area contributed by atoms with Gasteiger partial charge in [0, 0.05) is 30.8 Å². The third-order valence-corrected chi connectivity index (χ3v) is 4.73. The molecule has 30 heavy (non-hydrogen) atoms. The number of halogens is 2. The molecule has 7 nitrogen and oxygen atoms in total. The van der Waals surface area contributed by atoms with Crippen molar-refractivity contribution in [3.05, 3.63) is 81.1 Å². The van der Waals surface area contributed by atoms with Gasteiger partial charge in [-0.25, -0.2) is 0 Å². The molecule has 9 heteroatoms. The number of nitrogens with one attached hydrogen (secondary N) is 2. The molecule has 1 aromatic heterocycles. The summed E-state index contributed by atoms with van der Waals surface area (Å²) in [4.78, 5) is 10.3. The van der Waals surface area contributed by atoms with E-state index in [1.807, 2.05) is 36.4 Å². The highest BCUT2D eigenvalue weighted by Gasteiger charge is 2.09. The van der Waals surface area contributed by atoms with Crippen LogP contribution in [0, 0.1) is 10.1 Å². The maximum absolute atomic E-state index is 10.7. The summed E-state index contributed by atoms with van der Waals surface area (Å²) in [6.45, 7) is 3.57. The fourth-order valence-electron chi connectivity index (χ4n) is 2.81. The minimum absolute atomic E-state index is 0. The number of aliphatic hydroxyl groups excluding tert-OH is 1. The Morgan fingerprint density at radius 3 is 2.50 bits per heavy atom. The van der Waals surface area contributed by atoms with Crippen LogP contribution in [0.3, 0.4) is 0 Å². The summed E-state index contributed by atoms with van der Waals surface area (Å²) in [6, 6.07) is 15.8. The van der Waals surface area contributed by atoms with E-state index in [4.69, 9.17) is 16.0 Å². The van der Waals surface area contributed by atoms with Crippen LogP contribution in [-0.4, -0.2) is 23.1 Å². The fraction of sp³-hybridized carbons (Fsp3) is 0.238. The fourth-order valence-corrected chi connectivity index (χ4v) is 3.05. The first-order valence-electron chi connectivity index (χ1n) is 9.19. The van der Waals surface area contributed by atoms with Crippen molar-refractivity contribution in [2.24, 2.45) is 0 Å². The summed E-state index contributed by atoms with van der Waals surface area (Å²) < 4.78 is 5.86. The molecule has 0 saturated carbocycles. The lowest BCUT2D eigenvalue weighted by molar-refractivity contribution is -0.384. The van der Waals surface area contributed by atoms with E-state index in [2.05, 4.69) is 10.6 Å². The predicted molar refractivity (Wildman–Crippen MR) is 113 cm³/mol. The van der Waals surface area contributed by atoms with Crippen LogP contribution in [-0.2, 0) is 6.54 Å². The monoisotopic (exact) mass is 450 g/mol. The van der Waals surface area contributed by atoms with E-state index in [0.29, 0.717) is 30.3 Å². The Morgan fingerprint density at radius 2 is 1.87 bits per heavy atom. The normalized spacial score (nSPS) is 11.6. The minimum atomic E-state index is -0.491. The van der Waals surface area contributed by atoms with Gasteiger partial charge in [0.15, 0.2) is 0 Å². The highest BCUT2D eigenvalue weighted by Crippen LogP contribution is 2.26. The number of rotatable bonds is 9. The Kier molecular flexibility index (Phi) is 8.68. The van der Waals surface area contributed by atoms with Gasteiger partial charge < -0.3 is 32.6 Å². The highest BCUT2D eigenvalue weighted by atomic mass is 35.5. The van der Waals surface area contributed by atoms with E-state index in [1.54, 1.807) is 13.0 Å². The Labute approximate surface area is 185 Å². The Hall–Kier alpha value is -2.58. The van der Waals surface area contributed by atoms with E-state index in [-0.39, 0.29) is 18.1 Å². The second-order valence-corrected chi connectivity index (χ2v) is 7.00. The molecular weight excluding hydrogens is 429 g/mol. The molecule has 0 aliphatic carbocycles. The Balaban J connectivity index is 0.00000320. The lowest BCUT2D eigenvalue weighted by Crippen LogP contribution is -3.00. The van der Waals surface area contributed by atoms with Gasteiger partial charge in [0.2, 0.25) is 0 Å². The quantitative estimate of drug-likeness (QED) is 0.261. The third kappa shape index (κ3) is 6.21. The molecule has 3 aromatic rings. The topological polar surface area (TPSA) is 101 Å². The van der Waals surface area contributed by atoms with E-state index >= 15 is 0 Å². The van der Waals surface area contributed by atoms with Crippen LogP contribution in [0.25, 0.3) is 11.3 Å². The first kappa shape index (κ1) is 23.7. The molecule has 2 aromatic carbocycles. The van der Waals surface area contributed by atoms with Gasteiger partial charge in [-0.15, -0.1) is 0 Å². The second-order valence-electron chi connectivity index (χ2n) is 6.59. The summed E-state index contributed by atoms with van der Waals surface area (Å²) in [6.07, 6.45) is -0.491. The summed E-state index contributed by atoms with van der Waals surface area (Å²) in [5.74, 6) is 1.59. The SMILES string of the molecule is CC(O)c1ccc(-c2ccc(CNCCNc3ccc([N+](=O)[O-])cc3Cl)o2)cc1.[Cl-]. The van der Waals surface area contributed by atoms with Crippen molar-refractivity contribution in [1.82, 2.24) is 5.32 Å². The molecule has 0 aliphatic heterocycles. The molecule has 0 radical (unpaired) electrons. The van der Waals surface area contributed by atoms with E-state index in [1.165, 1.54) is 12.1 Å². The number of nitrogens with zero attached hydrogens (tertiary/aromatic N) is 1. The van der Waals surface area contributed by atoms with Crippen LogP contribution in [0.15, 0.2) is 59.0 Å². The largest absolute Gasteiger partial charge is 1.00 e. The number of anilines is 1. The molecule has 0 spiro atoms. The van der Waals surface area contributed by atoms with Crippen molar-refractivity contribution in [3.8, 4) is 11.3 Å². The van der Waals surface area contributed by atoms with Crippen LogP contribution < -0.4 is 23.0 Å². The minimum Gasteiger partial charge on any atom is -1.00 e. The molecule has 0 aliphatic rings. The lowest BCUT2D eigenvalue weighted by atomic mass is 10.1. The van der Waals surface area contributed by atoms with Crippen molar-refractivity contribution in [2.75, 3.05) is 18.4 Å². The molecule has 1 heterocycles. The van der Waals surface area contributed by atoms with Crippen LogP contribution in [0.2, 0.25) is 5.02 Å². The standard InChI is InChI=1S/C21H22ClN3O4.ClH/c1-14(26)15-2-4-16(5-3-15)21-9-7-18(29-21)13-23-10-11-24-20-8-6-17(25(27)28)12-19(20)22;/h2-9,12,14,23-24,26H,10-11,13H2,1H3;1H/p-1. The maximum atomic E-state index is 10.7. The zero-order chi connectivity index (χ0) is 20.8. The van der Waals surface area contributed by atoms with Crippen molar-refractivity contribution in [1.29, 1.82) is 0 Å². The second kappa shape index (κ2) is 11.0. The Morgan fingerprint density at radius 1 is 1.13 bits per heavy atom. The first-order chi connectivity index (χ1) is 13.9. The number of hydrogen-bond donors (Lipinski definition) is 3. The highest BCUT2D eigenvalue weighted by molar-refractivity contribution is 6.33. The molecule has 0 bridgehead atoms. The summed E-state index contributed by atoms with van der Waals surface area (Å²) >= 11 is 6.05. The molecule has 0 saturated heterocycles. The molecule has 3 rings (SSSR count). The van der Waals surface area contributed by atoms with Gasteiger partial charge >= 0.3 is 0 Å². The van der Waals surface area contributed by atoms with Crippen molar-refractivity contribution in [3.63, 3.8) is 0 Å². The van der Waals surface area contributed by atoms with Gasteiger partial charge in [0.1, 0.15) is 11.5 Å². The van der Waals surface area contributed by atoms with Crippen LogP contribution >= 0.6 is 11.6 Å². The average Bonchev–Trinajstić information content (AvgIpc) is 3.17. The van der Waals surface area contributed by atoms with Gasteiger partial charge in [-0.2, -0.15) is 0 Å². The number of aliphatic hydroxyl groups is 1. The number of hydrogen-bond acceptors (Lipinski definition) is 6. The molecule has 0 fully saturated rings. The van der Waals surface area contributed by atoms with Crippen LogP contribution in [0.1, 0.15) is 24.4 Å². The van der Waals surface area contributed by atoms with Crippen LogP contribution in [0.4, 0.5) is 11.4 Å². The van der Waals surface area contributed by atoms with Crippen molar-refractivity contribution < 1.29 is 26.9 Å². The smallest absolute Gasteiger partial charge is 0.271 e. The van der Waals surface area contributed by atoms with E-state index in [9.17, 15) is 15.2 Å². The number of nitro groups is 1. The maximum Gasteiger partial charge on any atom is 0.271 e. The van der Waals surface area contributed by atoms with Gasteiger partial charge in [-0.05, 0) is 30.7 Å². The molecule has 1 unspecified atom stereocenters. The van der Waals surface area contributed by atoms with Gasteiger partial charge in [0.25, 0.3) is 5.69 Å². The zero-order valence-corrected chi connectivity index (χ0v) is 17.8. The summed E-state index contributed by atoms with van der Waals surface area (Å²) in [5.41, 5.74) is 2.44. The molecular formula is C21H22Cl2N3O4-. The van der Waals surface area contributed by atoms with Crippen LogP contribution in [0.5, 0.6) is 0 Å². The van der Waals surface area contributed by atoms with Gasteiger partial charge in [-0.3, -0.25) is 10.1 Å². The number of furan rings is 1. The van der Waals surface area contributed by atoms with E-state index < -0.39 is 11.0 Å². The third-order valence-electron chi connectivity index (χ3n) is 4.42. The van der Waals surface area contributed by atoms with Gasteiger partial charge in [0.05, 0.1) is 28.3 Å².